The van der Waals surface area contributed by atoms with Gasteiger partial charge in [0.1, 0.15) is 5.75 Å². The van der Waals surface area contributed by atoms with E-state index in [1.54, 1.807) is 7.11 Å². The maximum Gasteiger partial charge on any atom is 0.120 e. The number of hydrogen-bond acceptors (Lipinski definition) is 4. The fraction of sp³-hybridized carbons (Fsp3) is 0.647. The van der Waals surface area contributed by atoms with Crippen LogP contribution in [0.3, 0.4) is 0 Å². The fourth-order valence-corrected chi connectivity index (χ4v) is 2.98. The van der Waals surface area contributed by atoms with Gasteiger partial charge in [0.15, 0.2) is 0 Å². The molecule has 1 unspecified atom stereocenters. The minimum atomic E-state index is 0.623. The molecule has 1 fully saturated rings. The van der Waals surface area contributed by atoms with Gasteiger partial charge in [-0.2, -0.15) is 0 Å². The standard InChI is InChI=1S/C17H29N3O/c1-4-6-15(18-2)14-19-9-11-20(12-10-19)16-7-5-8-17(13-16)21-3/h5,7-8,13,15,18H,4,6,9-12,14H2,1-3H3. The highest BCUT2D eigenvalue weighted by Crippen LogP contribution is 2.22. The molecule has 2 rings (SSSR count). The van der Waals surface area contributed by atoms with Gasteiger partial charge in [0.2, 0.25) is 0 Å². The summed E-state index contributed by atoms with van der Waals surface area (Å²) in [6, 6.07) is 8.99. The maximum absolute atomic E-state index is 5.32. The Morgan fingerprint density at radius 3 is 2.62 bits per heavy atom. The quantitative estimate of drug-likeness (QED) is 0.833. The summed E-state index contributed by atoms with van der Waals surface area (Å²) in [5.41, 5.74) is 1.27. The van der Waals surface area contributed by atoms with Gasteiger partial charge in [0.05, 0.1) is 7.11 Å². The van der Waals surface area contributed by atoms with Gasteiger partial charge in [0, 0.05) is 50.5 Å². The van der Waals surface area contributed by atoms with Crippen LogP contribution in [0.5, 0.6) is 5.75 Å². The summed E-state index contributed by atoms with van der Waals surface area (Å²) in [4.78, 5) is 5.03. The molecular weight excluding hydrogens is 262 g/mol. The second-order valence-corrected chi connectivity index (χ2v) is 5.76. The highest BCUT2D eigenvalue weighted by Gasteiger charge is 2.19. The molecule has 4 heteroatoms. The van der Waals surface area contributed by atoms with E-state index in [1.165, 1.54) is 18.5 Å². The predicted molar refractivity (Wildman–Crippen MR) is 89.4 cm³/mol. The number of nitrogens with zero attached hydrogens (tertiary/aromatic N) is 2. The molecule has 0 spiro atoms. The molecule has 118 valence electrons. The highest BCUT2D eigenvalue weighted by molar-refractivity contribution is 5.51. The summed E-state index contributed by atoms with van der Waals surface area (Å²) < 4.78 is 5.32. The lowest BCUT2D eigenvalue weighted by atomic mass is 10.1. The summed E-state index contributed by atoms with van der Waals surface area (Å²) in [6.07, 6.45) is 2.50. The minimum Gasteiger partial charge on any atom is -0.497 e. The normalized spacial score (nSPS) is 17.8. The summed E-state index contributed by atoms with van der Waals surface area (Å²) >= 11 is 0. The molecular formula is C17H29N3O. The molecule has 4 nitrogen and oxygen atoms in total. The van der Waals surface area contributed by atoms with Gasteiger partial charge in [-0.3, -0.25) is 4.90 Å². The van der Waals surface area contributed by atoms with Crippen molar-refractivity contribution < 1.29 is 4.74 Å². The topological polar surface area (TPSA) is 27.7 Å². The van der Waals surface area contributed by atoms with Crippen LogP contribution in [0.2, 0.25) is 0 Å². The van der Waals surface area contributed by atoms with Gasteiger partial charge in [-0.05, 0) is 25.6 Å². The Morgan fingerprint density at radius 1 is 1.24 bits per heavy atom. The molecule has 1 atom stereocenters. The van der Waals surface area contributed by atoms with E-state index in [-0.39, 0.29) is 0 Å². The van der Waals surface area contributed by atoms with E-state index in [4.69, 9.17) is 4.74 Å². The van der Waals surface area contributed by atoms with E-state index in [2.05, 4.69) is 47.3 Å². The molecule has 21 heavy (non-hydrogen) atoms. The van der Waals surface area contributed by atoms with Crippen LogP contribution in [-0.2, 0) is 0 Å². The molecule has 0 radical (unpaired) electrons. The lowest BCUT2D eigenvalue weighted by Crippen LogP contribution is -2.50. The first-order chi connectivity index (χ1) is 10.3. The molecule has 0 aromatic heterocycles. The lowest BCUT2D eigenvalue weighted by Gasteiger charge is -2.37. The Hall–Kier alpha value is -1.26. The van der Waals surface area contributed by atoms with E-state index in [0.29, 0.717) is 6.04 Å². The van der Waals surface area contributed by atoms with E-state index < -0.39 is 0 Å². The van der Waals surface area contributed by atoms with Gasteiger partial charge in [0.25, 0.3) is 0 Å². The third kappa shape index (κ3) is 4.61. The number of anilines is 1. The smallest absolute Gasteiger partial charge is 0.120 e. The van der Waals surface area contributed by atoms with Gasteiger partial charge >= 0.3 is 0 Å². The molecule has 1 aromatic rings. The molecule has 1 aromatic carbocycles. The minimum absolute atomic E-state index is 0.623. The Kier molecular flexibility index (Phi) is 6.33. The van der Waals surface area contributed by atoms with Crippen LogP contribution in [0.4, 0.5) is 5.69 Å². The zero-order valence-corrected chi connectivity index (χ0v) is 13.6. The third-order valence-corrected chi connectivity index (χ3v) is 4.31. The molecule has 0 amide bonds. The molecule has 0 bridgehead atoms. The van der Waals surface area contributed by atoms with Crippen LogP contribution in [-0.4, -0.2) is 57.8 Å². The number of benzene rings is 1. The monoisotopic (exact) mass is 291 g/mol. The molecule has 0 aliphatic carbocycles. The largest absolute Gasteiger partial charge is 0.497 e. The maximum atomic E-state index is 5.32. The van der Waals surface area contributed by atoms with Crippen molar-refractivity contribution in [3.05, 3.63) is 24.3 Å². The number of ether oxygens (including phenoxy) is 1. The SMILES string of the molecule is CCCC(CN1CCN(c2cccc(OC)c2)CC1)NC. The van der Waals surface area contributed by atoms with Gasteiger partial charge < -0.3 is 15.0 Å². The average molecular weight is 291 g/mol. The lowest BCUT2D eigenvalue weighted by molar-refractivity contribution is 0.227. The summed E-state index contributed by atoms with van der Waals surface area (Å²) in [7, 11) is 3.80. The zero-order valence-electron chi connectivity index (χ0n) is 13.6. The summed E-state index contributed by atoms with van der Waals surface area (Å²) in [5.74, 6) is 0.938. The zero-order chi connectivity index (χ0) is 15.1. The average Bonchev–Trinajstić information content (AvgIpc) is 2.55. The Balaban J connectivity index is 1.85. The first-order valence-corrected chi connectivity index (χ1v) is 8.05. The van der Waals surface area contributed by atoms with Crippen molar-refractivity contribution in [2.45, 2.75) is 25.8 Å². The van der Waals surface area contributed by atoms with Gasteiger partial charge in [-0.25, -0.2) is 0 Å². The first kappa shape index (κ1) is 16.1. The van der Waals surface area contributed by atoms with Crippen molar-refractivity contribution in [2.24, 2.45) is 0 Å². The van der Waals surface area contributed by atoms with Crippen molar-refractivity contribution in [1.29, 1.82) is 0 Å². The van der Waals surface area contributed by atoms with Crippen LogP contribution < -0.4 is 15.0 Å². The number of hydrogen-bond donors (Lipinski definition) is 1. The van der Waals surface area contributed by atoms with E-state index in [1.807, 2.05) is 6.07 Å². The first-order valence-electron chi connectivity index (χ1n) is 8.05. The van der Waals surface area contributed by atoms with Crippen LogP contribution in [0.15, 0.2) is 24.3 Å². The second kappa shape index (κ2) is 8.25. The van der Waals surface area contributed by atoms with Gasteiger partial charge in [-0.15, -0.1) is 0 Å². The number of nitrogens with one attached hydrogen (secondary N) is 1. The molecule has 1 saturated heterocycles. The Bertz CT molecular complexity index is 416. The van der Waals surface area contributed by atoms with E-state index in [0.717, 1.165) is 38.5 Å². The molecule has 1 aliphatic heterocycles. The Morgan fingerprint density at radius 2 is 2.00 bits per heavy atom. The van der Waals surface area contributed by atoms with E-state index >= 15 is 0 Å². The van der Waals surface area contributed by atoms with Crippen LogP contribution >= 0.6 is 0 Å². The van der Waals surface area contributed by atoms with Gasteiger partial charge in [-0.1, -0.05) is 19.4 Å². The molecule has 1 N–H and O–H groups in total. The number of likely N-dealkylation sites (N-methyl/N-ethyl adjacent to an activating group) is 1. The molecule has 0 saturated carbocycles. The molecule has 1 heterocycles. The Labute approximate surface area is 129 Å². The fourth-order valence-electron chi connectivity index (χ4n) is 2.98. The van der Waals surface area contributed by atoms with Crippen molar-refractivity contribution in [3.8, 4) is 5.75 Å². The molecule has 1 aliphatic rings. The van der Waals surface area contributed by atoms with E-state index in [9.17, 15) is 0 Å². The highest BCUT2D eigenvalue weighted by atomic mass is 16.5. The van der Waals surface area contributed by atoms with Crippen LogP contribution in [0.1, 0.15) is 19.8 Å². The van der Waals surface area contributed by atoms with Crippen LogP contribution in [0.25, 0.3) is 0 Å². The van der Waals surface area contributed by atoms with Crippen molar-refractivity contribution in [1.82, 2.24) is 10.2 Å². The van der Waals surface area contributed by atoms with Crippen molar-refractivity contribution in [3.63, 3.8) is 0 Å². The predicted octanol–water partition coefficient (Wildman–Crippen LogP) is 2.21. The number of rotatable bonds is 7. The van der Waals surface area contributed by atoms with Crippen molar-refractivity contribution in [2.75, 3.05) is 51.8 Å². The van der Waals surface area contributed by atoms with Crippen LogP contribution in [0, 0.1) is 0 Å². The second-order valence-electron chi connectivity index (χ2n) is 5.76. The number of methoxy groups -OCH3 is 1. The summed E-state index contributed by atoms with van der Waals surface area (Å²) in [5, 5.41) is 3.44. The third-order valence-electron chi connectivity index (χ3n) is 4.31. The summed E-state index contributed by atoms with van der Waals surface area (Å²) in [6.45, 7) is 7.88. The van der Waals surface area contributed by atoms with Crippen molar-refractivity contribution >= 4 is 5.69 Å². The number of piperazine rings is 1.